The van der Waals surface area contributed by atoms with Gasteiger partial charge in [-0.2, -0.15) is 0 Å². The highest BCUT2D eigenvalue weighted by molar-refractivity contribution is 5.86. The number of rotatable bonds is 3. The smallest absolute Gasteiger partial charge is 0.240 e. The van der Waals surface area contributed by atoms with Crippen molar-refractivity contribution in [3.63, 3.8) is 0 Å². The average molecular weight is 234 g/mol. The molecule has 0 saturated heterocycles. The van der Waals surface area contributed by atoms with Crippen molar-refractivity contribution in [1.82, 2.24) is 5.32 Å². The molecular formula is C14H22N2O. The lowest BCUT2D eigenvalue weighted by molar-refractivity contribution is -0.129. The lowest BCUT2D eigenvalue weighted by Gasteiger charge is -2.36. The van der Waals surface area contributed by atoms with Crippen LogP contribution in [0.15, 0.2) is 30.3 Å². The number of nitrogens with one attached hydrogen (secondary N) is 1. The largest absolute Gasteiger partial charge is 0.350 e. The van der Waals surface area contributed by atoms with Gasteiger partial charge in [0.2, 0.25) is 5.91 Å². The molecule has 0 radical (unpaired) electrons. The first-order valence-corrected chi connectivity index (χ1v) is 5.86. The summed E-state index contributed by atoms with van der Waals surface area (Å²) in [5.41, 5.74) is 6.02. The molecule has 1 unspecified atom stereocenters. The van der Waals surface area contributed by atoms with Crippen LogP contribution in [0.5, 0.6) is 0 Å². The van der Waals surface area contributed by atoms with E-state index in [1.54, 1.807) is 6.92 Å². The number of carbonyl (C=O) groups excluding carboxylic acids is 1. The molecule has 0 bridgehead atoms. The summed E-state index contributed by atoms with van der Waals surface area (Å²) in [5.74, 6) is -0.117. The number of hydrogen-bond donors (Lipinski definition) is 2. The third-order valence-electron chi connectivity index (χ3n) is 3.33. The Hall–Kier alpha value is -1.35. The second-order valence-electron chi connectivity index (χ2n) is 5.62. The first-order chi connectivity index (χ1) is 7.75. The Morgan fingerprint density at radius 2 is 1.71 bits per heavy atom. The van der Waals surface area contributed by atoms with E-state index >= 15 is 0 Å². The molecule has 0 aliphatic heterocycles. The monoisotopic (exact) mass is 234 g/mol. The van der Waals surface area contributed by atoms with Crippen LogP contribution in [0.3, 0.4) is 0 Å². The van der Waals surface area contributed by atoms with Gasteiger partial charge in [-0.25, -0.2) is 0 Å². The Kier molecular flexibility index (Phi) is 3.94. The predicted molar refractivity (Wildman–Crippen MR) is 70.3 cm³/mol. The summed E-state index contributed by atoms with van der Waals surface area (Å²) in [6.07, 6.45) is 0. The van der Waals surface area contributed by atoms with Gasteiger partial charge in [-0.15, -0.1) is 0 Å². The van der Waals surface area contributed by atoms with Crippen molar-refractivity contribution in [2.45, 2.75) is 39.8 Å². The van der Waals surface area contributed by atoms with Gasteiger partial charge in [0.25, 0.3) is 0 Å². The fourth-order valence-corrected chi connectivity index (χ4v) is 1.30. The van der Waals surface area contributed by atoms with Gasteiger partial charge in [0.15, 0.2) is 0 Å². The summed E-state index contributed by atoms with van der Waals surface area (Å²) >= 11 is 0. The quantitative estimate of drug-likeness (QED) is 0.841. The third kappa shape index (κ3) is 3.30. The van der Waals surface area contributed by atoms with Crippen LogP contribution in [0.25, 0.3) is 0 Å². The first-order valence-electron chi connectivity index (χ1n) is 5.86. The second kappa shape index (κ2) is 4.88. The summed E-state index contributed by atoms with van der Waals surface area (Å²) < 4.78 is 0. The maximum atomic E-state index is 12.0. The van der Waals surface area contributed by atoms with Crippen LogP contribution in [0.4, 0.5) is 0 Å². The predicted octanol–water partition coefficient (Wildman–Crippen LogP) is 2.07. The van der Waals surface area contributed by atoms with Crippen molar-refractivity contribution >= 4 is 5.91 Å². The molecule has 0 aliphatic rings. The van der Waals surface area contributed by atoms with Crippen LogP contribution in [-0.4, -0.2) is 11.4 Å². The van der Waals surface area contributed by atoms with Crippen LogP contribution in [0.1, 0.15) is 33.3 Å². The van der Waals surface area contributed by atoms with Gasteiger partial charge in [-0.05, 0) is 17.9 Å². The number of nitrogens with two attached hydrogens (primary N) is 1. The molecule has 1 rings (SSSR count). The molecule has 0 aromatic heterocycles. The second-order valence-corrected chi connectivity index (χ2v) is 5.62. The zero-order chi connectivity index (χ0) is 13.1. The van der Waals surface area contributed by atoms with E-state index in [1.165, 1.54) is 0 Å². The van der Waals surface area contributed by atoms with Crippen molar-refractivity contribution < 1.29 is 4.79 Å². The zero-order valence-electron chi connectivity index (χ0n) is 11.1. The highest BCUT2D eigenvalue weighted by Gasteiger charge is 2.40. The molecule has 3 heteroatoms. The van der Waals surface area contributed by atoms with Crippen molar-refractivity contribution in [3.8, 4) is 0 Å². The fourth-order valence-electron chi connectivity index (χ4n) is 1.30. The molecule has 94 valence electrons. The molecule has 1 atom stereocenters. The molecule has 3 nitrogen and oxygen atoms in total. The van der Waals surface area contributed by atoms with Crippen LogP contribution < -0.4 is 11.1 Å². The molecule has 1 aromatic carbocycles. The van der Waals surface area contributed by atoms with Gasteiger partial charge in [-0.3, -0.25) is 4.79 Å². The topological polar surface area (TPSA) is 55.1 Å². The highest BCUT2D eigenvalue weighted by atomic mass is 16.2. The van der Waals surface area contributed by atoms with E-state index < -0.39 is 5.54 Å². The van der Waals surface area contributed by atoms with Gasteiger partial charge in [0.1, 0.15) is 0 Å². The average Bonchev–Trinajstić information content (AvgIpc) is 2.25. The molecule has 0 spiro atoms. The van der Waals surface area contributed by atoms with Crippen molar-refractivity contribution in [2.75, 3.05) is 0 Å². The number of benzene rings is 1. The van der Waals surface area contributed by atoms with Crippen LogP contribution in [0.2, 0.25) is 0 Å². The van der Waals surface area contributed by atoms with E-state index in [2.05, 4.69) is 5.32 Å². The van der Waals surface area contributed by atoms with Crippen LogP contribution in [-0.2, 0) is 11.3 Å². The summed E-state index contributed by atoms with van der Waals surface area (Å²) in [7, 11) is 0. The Morgan fingerprint density at radius 1 is 1.18 bits per heavy atom. The zero-order valence-corrected chi connectivity index (χ0v) is 11.1. The van der Waals surface area contributed by atoms with E-state index in [0.29, 0.717) is 6.54 Å². The molecule has 1 amide bonds. The van der Waals surface area contributed by atoms with E-state index in [-0.39, 0.29) is 11.3 Å². The summed E-state index contributed by atoms with van der Waals surface area (Å²) in [6.45, 7) is 8.19. The van der Waals surface area contributed by atoms with E-state index in [9.17, 15) is 4.79 Å². The third-order valence-corrected chi connectivity index (χ3v) is 3.33. The number of carbonyl (C=O) groups is 1. The van der Waals surface area contributed by atoms with Crippen LogP contribution >= 0.6 is 0 Å². The summed E-state index contributed by atoms with van der Waals surface area (Å²) in [5, 5.41) is 2.88. The van der Waals surface area contributed by atoms with Gasteiger partial charge < -0.3 is 11.1 Å². The first kappa shape index (κ1) is 13.7. The highest BCUT2D eigenvalue weighted by Crippen LogP contribution is 2.27. The van der Waals surface area contributed by atoms with E-state index in [0.717, 1.165) is 5.56 Å². The van der Waals surface area contributed by atoms with Crippen molar-refractivity contribution in [3.05, 3.63) is 35.9 Å². The maximum absolute atomic E-state index is 12.0. The fraction of sp³-hybridized carbons (Fsp3) is 0.500. The normalized spacial score (nSPS) is 15.1. The minimum absolute atomic E-state index is 0.117. The van der Waals surface area contributed by atoms with Gasteiger partial charge in [0, 0.05) is 6.54 Å². The Balaban J connectivity index is 2.62. The van der Waals surface area contributed by atoms with Gasteiger partial charge in [0.05, 0.1) is 5.54 Å². The maximum Gasteiger partial charge on any atom is 0.240 e. The van der Waals surface area contributed by atoms with E-state index in [1.807, 2.05) is 51.1 Å². The van der Waals surface area contributed by atoms with Gasteiger partial charge in [-0.1, -0.05) is 51.1 Å². The Bertz CT molecular complexity index is 377. The lowest BCUT2D eigenvalue weighted by atomic mass is 9.75. The number of hydrogen-bond acceptors (Lipinski definition) is 2. The minimum Gasteiger partial charge on any atom is -0.350 e. The van der Waals surface area contributed by atoms with E-state index in [4.69, 9.17) is 5.73 Å². The van der Waals surface area contributed by atoms with Gasteiger partial charge >= 0.3 is 0 Å². The molecule has 3 N–H and O–H groups in total. The summed E-state index contributed by atoms with van der Waals surface area (Å²) in [4.78, 5) is 12.0. The van der Waals surface area contributed by atoms with Crippen LogP contribution in [0, 0.1) is 5.41 Å². The molecule has 0 aliphatic carbocycles. The minimum atomic E-state index is -0.873. The lowest BCUT2D eigenvalue weighted by Crippen LogP contribution is -2.59. The van der Waals surface area contributed by atoms with Crippen molar-refractivity contribution in [1.29, 1.82) is 0 Å². The standard InChI is InChI=1S/C14H22N2O/c1-13(2,3)14(4,15)12(17)16-10-11-8-6-5-7-9-11/h5-9H,10,15H2,1-4H3,(H,16,17). The molecule has 17 heavy (non-hydrogen) atoms. The Morgan fingerprint density at radius 3 is 2.18 bits per heavy atom. The molecule has 0 saturated carbocycles. The van der Waals surface area contributed by atoms with Crippen molar-refractivity contribution in [2.24, 2.45) is 11.1 Å². The SMILES string of the molecule is CC(C)(C)C(C)(N)C(=O)NCc1ccccc1. The Labute approximate surface area is 103 Å². The molecule has 1 aromatic rings. The molecular weight excluding hydrogens is 212 g/mol. The molecule has 0 heterocycles. The summed E-state index contributed by atoms with van der Waals surface area (Å²) in [6, 6.07) is 9.81. The number of amides is 1. The molecule has 0 fully saturated rings.